The zero-order chi connectivity index (χ0) is 16.4. The Kier molecular flexibility index (Phi) is 4.94. The fraction of sp³-hybridized carbons (Fsp3) is 0.667. The highest BCUT2D eigenvalue weighted by Gasteiger charge is 2.24. The van der Waals surface area contributed by atoms with Crippen molar-refractivity contribution < 1.29 is 0 Å². The number of nitrogens with zero attached hydrogens (tertiary/aromatic N) is 5. The Balaban J connectivity index is 1.27. The molecule has 3 aliphatic heterocycles. The molecule has 1 aromatic heterocycles. The standard InChI is InChI=1S/C18H27N5S/c1-15-12-20-18(24-15)23-10-8-21(9-11-23)14-16-4-5-17(19-13-16)22-6-2-3-7-22/h4-5,13,15H,2-3,6-12,14H2,1H3/t15-/m0/s1. The van der Waals surface area contributed by atoms with Gasteiger partial charge < -0.3 is 9.80 Å². The Hall–Kier alpha value is -1.27. The predicted molar refractivity (Wildman–Crippen MR) is 102 cm³/mol. The molecule has 0 N–H and O–H groups in total. The van der Waals surface area contributed by atoms with Gasteiger partial charge in [-0.1, -0.05) is 24.8 Å². The van der Waals surface area contributed by atoms with Crippen molar-refractivity contribution in [3.8, 4) is 0 Å². The molecule has 0 unspecified atom stereocenters. The minimum absolute atomic E-state index is 0.651. The lowest BCUT2D eigenvalue weighted by molar-refractivity contribution is 0.177. The van der Waals surface area contributed by atoms with Crippen molar-refractivity contribution in [2.45, 2.75) is 31.6 Å². The van der Waals surface area contributed by atoms with Crippen LogP contribution in [0.2, 0.25) is 0 Å². The number of piperazine rings is 1. The number of rotatable bonds is 3. The Labute approximate surface area is 149 Å². The summed E-state index contributed by atoms with van der Waals surface area (Å²) in [4.78, 5) is 16.7. The van der Waals surface area contributed by atoms with Crippen molar-refractivity contribution in [1.82, 2.24) is 14.8 Å². The van der Waals surface area contributed by atoms with Gasteiger partial charge in [-0.05, 0) is 24.5 Å². The molecule has 0 aliphatic carbocycles. The molecule has 0 saturated carbocycles. The van der Waals surface area contributed by atoms with Crippen LogP contribution in [0.25, 0.3) is 0 Å². The summed E-state index contributed by atoms with van der Waals surface area (Å²) in [5, 5.41) is 1.91. The van der Waals surface area contributed by atoms with E-state index in [2.05, 4.69) is 49.9 Å². The third kappa shape index (κ3) is 3.70. The first kappa shape index (κ1) is 16.2. The third-order valence-corrected chi connectivity index (χ3v) is 6.23. The second kappa shape index (κ2) is 7.31. The first-order chi connectivity index (χ1) is 11.8. The number of hydrogen-bond acceptors (Lipinski definition) is 6. The molecule has 0 aromatic carbocycles. The van der Waals surface area contributed by atoms with Crippen molar-refractivity contribution in [3.63, 3.8) is 0 Å². The van der Waals surface area contributed by atoms with Gasteiger partial charge in [0.05, 0.1) is 6.54 Å². The topological polar surface area (TPSA) is 35.0 Å². The van der Waals surface area contributed by atoms with Gasteiger partial charge in [0.15, 0.2) is 5.17 Å². The normalized spacial score (nSPS) is 25.4. The lowest BCUT2D eigenvalue weighted by atomic mass is 10.2. The van der Waals surface area contributed by atoms with Crippen LogP contribution in [0.15, 0.2) is 23.3 Å². The molecule has 1 atom stereocenters. The maximum Gasteiger partial charge on any atom is 0.159 e. The average molecular weight is 346 g/mol. The van der Waals surface area contributed by atoms with Crippen molar-refractivity contribution in [3.05, 3.63) is 23.9 Å². The van der Waals surface area contributed by atoms with E-state index in [4.69, 9.17) is 0 Å². The molecular formula is C18H27N5S. The quantitative estimate of drug-likeness (QED) is 0.840. The summed E-state index contributed by atoms with van der Waals surface area (Å²) >= 11 is 1.93. The van der Waals surface area contributed by atoms with E-state index in [1.165, 1.54) is 23.6 Å². The summed E-state index contributed by atoms with van der Waals surface area (Å²) in [6, 6.07) is 4.45. The highest BCUT2D eigenvalue weighted by Crippen LogP contribution is 2.24. The molecule has 0 amide bonds. The van der Waals surface area contributed by atoms with Crippen LogP contribution >= 0.6 is 11.8 Å². The number of hydrogen-bond donors (Lipinski definition) is 0. The van der Waals surface area contributed by atoms with E-state index in [0.29, 0.717) is 5.25 Å². The zero-order valence-corrected chi connectivity index (χ0v) is 15.3. The van der Waals surface area contributed by atoms with Crippen LogP contribution in [0.5, 0.6) is 0 Å². The van der Waals surface area contributed by atoms with Crippen LogP contribution in [0.3, 0.4) is 0 Å². The van der Waals surface area contributed by atoms with E-state index in [9.17, 15) is 0 Å². The summed E-state index contributed by atoms with van der Waals surface area (Å²) in [6.45, 7) is 11.0. The molecule has 3 aliphatic rings. The van der Waals surface area contributed by atoms with Gasteiger partial charge in [0.2, 0.25) is 0 Å². The number of aromatic nitrogens is 1. The van der Waals surface area contributed by atoms with Crippen LogP contribution in [-0.4, -0.2) is 71.0 Å². The van der Waals surface area contributed by atoms with Gasteiger partial charge in [0, 0.05) is 57.3 Å². The van der Waals surface area contributed by atoms with Gasteiger partial charge in [0.1, 0.15) is 5.82 Å². The summed E-state index contributed by atoms with van der Waals surface area (Å²) in [7, 11) is 0. The van der Waals surface area contributed by atoms with E-state index in [0.717, 1.165) is 58.2 Å². The van der Waals surface area contributed by atoms with Gasteiger partial charge >= 0.3 is 0 Å². The molecular weight excluding hydrogens is 318 g/mol. The van der Waals surface area contributed by atoms with Crippen LogP contribution in [0, 0.1) is 0 Å². The molecule has 4 rings (SSSR count). The molecule has 5 nitrogen and oxygen atoms in total. The third-order valence-electron chi connectivity index (χ3n) is 5.08. The second-order valence-corrected chi connectivity index (χ2v) is 8.44. The monoisotopic (exact) mass is 345 g/mol. The Morgan fingerprint density at radius 1 is 1.04 bits per heavy atom. The first-order valence-electron chi connectivity index (χ1n) is 9.16. The number of pyridine rings is 1. The lowest BCUT2D eigenvalue weighted by Gasteiger charge is -2.35. The van der Waals surface area contributed by atoms with E-state index >= 15 is 0 Å². The number of anilines is 1. The van der Waals surface area contributed by atoms with Gasteiger partial charge in [0.25, 0.3) is 0 Å². The molecule has 1 aromatic rings. The maximum atomic E-state index is 4.68. The second-order valence-electron chi connectivity index (χ2n) is 7.03. The number of aliphatic imine (C=N–C) groups is 1. The molecule has 0 bridgehead atoms. The highest BCUT2D eigenvalue weighted by molar-refractivity contribution is 8.14. The molecule has 0 spiro atoms. The SMILES string of the molecule is C[C@H]1CN=C(N2CCN(Cc3ccc(N4CCCC4)nc3)CC2)S1. The van der Waals surface area contributed by atoms with Crippen LogP contribution < -0.4 is 4.90 Å². The van der Waals surface area contributed by atoms with Crippen molar-refractivity contribution >= 4 is 22.7 Å². The predicted octanol–water partition coefficient (Wildman–Crippen LogP) is 2.29. The van der Waals surface area contributed by atoms with Crippen molar-refractivity contribution in [1.29, 1.82) is 0 Å². The van der Waals surface area contributed by atoms with Gasteiger partial charge in [-0.2, -0.15) is 0 Å². The molecule has 4 heterocycles. The van der Waals surface area contributed by atoms with E-state index < -0.39 is 0 Å². The van der Waals surface area contributed by atoms with Gasteiger partial charge in [-0.25, -0.2) is 4.98 Å². The fourth-order valence-corrected chi connectivity index (χ4v) is 4.62. The zero-order valence-electron chi connectivity index (χ0n) is 14.5. The van der Waals surface area contributed by atoms with Crippen LogP contribution in [0.1, 0.15) is 25.3 Å². The van der Waals surface area contributed by atoms with Crippen LogP contribution in [0.4, 0.5) is 5.82 Å². The highest BCUT2D eigenvalue weighted by atomic mass is 32.2. The lowest BCUT2D eigenvalue weighted by Crippen LogP contribution is -2.47. The van der Waals surface area contributed by atoms with Gasteiger partial charge in [-0.3, -0.25) is 9.89 Å². The molecule has 6 heteroatoms. The van der Waals surface area contributed by atoms with Gasteiger partial charge in [-0.15, -0.1) is 0 Å². The average Bonchev–Trinajstić information content (AvgIpc) is 3.28. The van der Waals surface area contributed by atoms with Crippen molar-refractivity contribution in [2.75, 3.05) is 50.7 Å². The maximum absolute atomic E-state index is 4.68. The Bertz CT molecular complexity index is 574. The van der Waals surface area contributed by atoms with E-state index in [1.807, 2.05) is 11.8 Å². The fourth-order valence-electron chi connectivity index (χ4n) is 3.63. The Morgan fingerprint density at radius 2 is 1.83 bits per heavy atom. The summed E-state index contributed by atoms with van der Waals surface area (Å²) in [6.07, 6.45) is 4.67. The molecule has 24 heavy (non-hydrogen) atoms. The number of thioether (sulfide) groups is 1. The molecule has 2 fully saturated rings. The van der Waals surface area contributed by atoms with Crippen molar-refractivity contribution in [2.24, 2.45) is 4.99 Å². The minimum atomic E-state index is 0.651. The minimum Gasteiger partial charge on any atom is -0.357 e. The summed E-state index contributed by atoms with van der Waals surface area (Å²) < 4.78 is 0. The molecule has 2 saturated heterocycles. The van der Waals surface area contributed by atoms with E-state index in [1.54, 1.807) is 0 Å². The molecule has 0 radical (unpaired) electrons. The van der Waals surface area contributed by atoms with E-state index in [-0.39, 0.29) is 0 Å². The summed E-state index contributed by atoms with van der Waals surface area (Å²) in [5.41, 5.74) is 1.33. The van der Waals surface area contributed by atoms with Crippen LogP contribution in [-0.2, 0) is 6.54 Å². The first-order valence-corrected chi connectivity index (χ1v) is 10.0. The summed E-state index contributed by atoms with van der Waals surface area (Å²) in [5.74, 6) is 1.14. The largest absolute Gasteiger partial charge is 0.357 e. The molecule has 130 valence electrons. The smallest absolute Gasteiger partial charge is 0.159 e. The number of amidine groups is 1. The Morgan fingerprint density at radius 3 is 2.46 bits per heavy atom.